The number of sulfonamides is 1. The van der Waals surface area contributed by atoms with E-state index in [1.165, 1.54) is 0 Å². The van der Waals surface area contributed by atoms with Gasteiger partial charge in [0.25, 0.3) is 10.0 Å². The zero-order chi connectivity index (χ0) is 26.5. The molecule has 0 saturated carbocycles. The number of aliphatic imine (C=N–C) groups is 1. The van der Waals surface area contributed by atoms with Crippen LogP contribution >= 0.6 is 0 Å². The molecule has 0 unspecified atom stereocenters. The summed E-state index contributed by atoms with van der Waals surface area (Å²) in [5.74, 6) is 0.579. The second-order valence-corrected chi connectivity index (χ2v) is 10.4. The predicted octanol–water partition coefficient (Wildman–Crippen LogP) is 5.48. The van der Waals surface area contributed by atoms with Gasteiger partial charge in [-0.3, -0.25) is 9.71 Å². The molecule has 0 aromatic heterocycles. The number of hydrogen-bond donors (Lipinski definition) is 1. The summed E-state index contributed by atoms with van der Waals surface area (Å²) >= 11 is 0. The summed E-state index contributed by atoms with van der Waals surface area (Å²) in [7, 11) is -2.21. The van der Waals surface area contributed by atoms with Crippen molar-refractivity contribution in [3.05, 3.63) is 84.3 Å². The fraction of sp³-hybridized carbons (Fsp3) is 0.321. The Morgan fingerprint density at radius 2 is 1.72 bits per heavy atom. The quantitative estimate of drug-likeness (QED) is 0.276. The lowest BCUT2D eigenvalue weighted by atomic mass is 10.0. The van der Waals surface area contributed by atoms with Crippen molar-refractivity contribution in [2.75, 3.05) is 38.0 Å². The normalized spacial score (nSPS) is 14.4. The molecule has 0 atom stereocenters. The summed E-state index contributed by atoms with van der Waals surface area (Å²) < 4.78 is 34.3. The molecule has 8 heteroatoms. The second kappa shape index (κ2) is 11.5. The molecule has 36 heavy (non-hydrogen) atoms. The van der Waals surface area contributed by atoms with Gasteiger partial charge in [-0.25, -0.2) is 8.42 Å². The highest BCUT2D eigenvalue weighted by Crippen LogP contribution is 2.31. The average molecular weight is 509 g/mol. The third kappa shape index (κ3) is 5.99. The van der Waals surface area contributed by atoms with E-state index in [2.05, 4.69) is 39.3 Å². The first kappa shape index (κ1) is 27.1. The van der Waals surface area contributed by atoms with E-state index in [4.69, 9.17) is 4.74 Å². The highest BCUT2D eigenvalue weighted by atomic mass is 32.2. The first-order chi connectivity index (χ1) is 17.1. The Hall–Kier alpha value is -3.52. The van der Waals surface area contributed by atoms with Crippen molar-refractivity contribution >= 4 is 33.3 Å². The van der Waals surface area contributed by atoms with Gasteiger partial charge in [-0.05, 0) is 56.5 Å². The van der Waals surface area contributed by atoms with E-state index in [0.717, 1.165) is 60.7 Å². The Kier molecular flexibility index (Phi) is 8.63. The number of ether oxygens (including phenoxy) is 1. The third-order valence-electron chi connectivity index (χ3n) is 6.37. The van der Waals surface area contributed by atoms with Crippen LogP contribution in [0.25, 0.3) is 5.70 Å². The molecule has 1 aliphatic rings. The summed E-state index contributed by atoms with van der Waals surface area (Å²) in [6, 6.07) is 10.7. The van der Waals surface area contributed by atoms with Crippen LogP contribution in [0.3, 0.4) is 0 Å². The number of nitrogens with one attached hydrogen (secondary N) is 1. The molecule has 2 aromatic rings. The minimum Gasteiger partial charge on any atom is -0.495 e. The maximum absolute atomic E-state index is 13.2. The third-order valence-corrected chi connectivity index (χ3v) is 7.78. The summed E-state index contributed by atoms with van der Waals surface area (Å²) in [5, 5.41) is 0. The van der Waals surface area contributed by atoms with Crippen LogP contribution in [-0.4, -0.2) is 57.7 Å². The van der Waals surface area contributed by atoms with Gasteiger partial charge in [0.05, 0.1) is 18.5 Å². The molecule has 0 amide bonds. The van der Waals surface area contributed by atoms with Crippen LogP contribution < -0.4 is 4.72 Å². The first-order valence-corrected chi connectivity index (χ1v) is 13.4. The van der Waals surface area contributed by atoms with E-state index < -0.39 is 10.0 Å². The largest absolute Gasteiger partial charge is 0.495 e. The van der Waals surface area contributed by atoms with E-state index in [-0.39, 0.29) is 4.90 Å². The minimum atomic E-state index is -3.82. The number of benzene rings is 2. The molecule has 192 valence electrons. The molecular weight excluding hydrogens is 472 g/mol. The van der Waals surface area contributed by atoms with Gasteiger partial charge in [-0.15, -0.1) is 0 Å². The van der Waals surface area contributed by atoms with Crippen molar-refractivity contribution in [3.63, 3.8) is 0 Å². The van der Waals surface area contributed by atoms with Crippen LogP contribution in [-0.2, 0) is 14.8 Å². The molecule has 1 N–H and O–H groups in total. The Morgan fingerprint density at radius 1 is 1.03 bits per heavy atom. The average Bonchev–Trinajstić information content (AvgIpc) is 3.10. The van der Waals surface area contributed by atoms with Gasteiger partial charge in [0.1, 0.15) is 10.7 Å². The Bertz CT molecular complexity index is 1300. The van der Waals surface area contributed by atoms with Crippen LogP contribution in [0.4, 0.5) is 11.4 Å². The molecule has 0 bridgehead atoms. The van der Waals surface area contributed by atoms with Crippen LogP contribution in [0.5, 0.6) is 0 Å². The lowest BCUT2D eigenvalue weighted by molar-refractivity contribution is 0.260. The molecular formula is C28H36N4O3S. The molecule has 1 fully saturated rings. The number of anilines is 1. The molecule has 0 aliphatic carbocycles. The molecule has 3 rings (SSSR count). The van der Waals surface area contributed by atoms with Crippen LogP contribution in [0.15, 0.2) is 77.5 Å². The van der Waals surface area contributed by atoms with Crippen molar-refractivity contribution in [2.24, 2.45) is 4.99 Å². The molecule has 0 spiro atoms. The van der Waals surface area contributed by atoms with E-state index >= 15 is 0 Å². The highest BCUT2D eigenvalue weighted by Gasteiger charge is 2.22. The topological polar surface area (TPSA) is 74.2 Å². The second-order valence-electron chi connectivity index (χ2n) is 8.79. The van der Waals surface area contributed by atoms with Gasteiger partial charge in [0.15, 0.2) is 0 Å². The molecule has 2 aromatic carbocycles. The first-order valence-electron chi connectivity index (χ1n) is 11.9. The Balaban J connectivity index is 1.76. The number of rotatable bonds is 9. The molecule has 1 saturated heterocycles. The fourth-order valence-corrected chi connectivity index (χ4v) is 5.60. The van der Waals surface area contributed by atoms with Gasteiger partial charge in [-0.1, -0.05) is 37.9 Å². The van der Waals surface area contributed by atoms with Crippen molar-refractivity contribution in [1.82, 2.24) is 9.80 Å². The summed E-state index contributed by atoms with van der Waals surface area (Å²) in [6.45, 7) is 21.3. The fourth-order valence-electron chi connectivity index (χ4n) is 4.33. The molecule has 1 heterocycles. The van der Waals surface area contributed by atoms with E-state index in [1.807, 2.05) is 32.0 Å². The van der Waals surface area contributed by atoms with Crippen molar-refractivity contribution in [3.8, 4) is 0 Å². The van der Waals surface area contributed by atoms with Crippen molar-refractivity contribution in [2.45, 2.75) is 32.1 Å². The number of aryl methyl sites for hydroxylation is 2. The maximum Gasteiger partial charge on any atom is 0.264 e. The zero-order valence-electron chi connectivity index (χ0n) is 21.7. The van der Waals surface area contributed by atoms with Crippen LogP contribution in [0, 0.1) is 13.8 Å². The van der Waals surface area contributed by atoms with Crippen molar-refractivity contribution in [1.29, 1.82) is 0 Å². The number of para-hydroxylation sites is 1. The smallest absolute Gasteiger partial charge is 0.264 e. The standard InChI is InChI=1S/C28H36N4O3S/c1-8-29-28-20(2)11-9-12-27(28)36(33,34)30-25-13-14-26(21(3)19-25)23(5)32-16-10-15-31(17-18-32)22(4)24(6)35-7/h8-9,11-14,19,30H,4-6,10,15-18H2,1-3,7H3/b29-8-. The molecule has 1 aliphatic heterocycles. The van der Waals surface area contributed by atoms with E-state index in [1.54, 1.807) is 38.4 Å². The van der Waals surface area contributed by atoms with Crippen molar-refractivity contribution < 1.29 is 13.2 Å². The van der Waals surface area contributed by atoms with Gasteiger partial charge in [0, 0.05) is 49.3 Å². The van der Waals surface area contributed by atoms with E-state index in [9.17, 15) is 8.42 Å². The lowest BCUT2D eigenvalue weighted by Crippen LogP contribution is -2.30. The Morgan fingerprint density at radius 3 is 2.39 bits per heavy atom. The summed E-state index contributed by atoms with van der Waals surface area (Å²) in [6.07, 6.45) is 2.54. The number of methoxy groups -OCH3 is 1. The zero-order valence-corrected chi connectivity index (χ0v) is 22.5. The van der Waals surface area contributed by atoms with Crippen LogP contribution in [0.2, 0.25) is 0 Å². The van der Waals surface area contributed by atoms with Gasteiger partial charge in [-0.2, -0.15) is 0 Å². The predicted molar refractivity (Wildman–Crippen MR) is 149 cm³/mol. The molecule has 0 radical (unpaired) electrons. The monoisotopic (exact) mass is 508 g/mol. The number of nitrogens with zero attached hydrogens (tertiary/aromatic N) is 3. The minimum absolute atomic E-state index is 0.151. The van der Waals surface area contributed by atoms with Gasteiger partial charge in [0.2, 0.25) is 0 Å². The highest BCUT2D eigenvalue weighted by molar-refractivity contribution is 7.92. The van der Waals surface area contributed by atoms with Gasteiger partial charge < -0.3 is 14.5 Å². The summed E-state index contributed by atoms with van der Waals surface area (Å²) in [5.41, 5.74) is 5.38. The number of hydrogen-bond acceptors (Lipinski definition) is 6. The maximum atomic E-state index is 13.2. The van der Waals surface area contributed by atoms with Crippen LogP contribution in [0.1, 0.15) is 30.0 Å². The molecule has 7 nitrogen and oxygen atoms in total. The summed E-state index contributed by atoms with van der Waals surface area (Å²) in [4.78, 5) is 8.88. The van der Waals surface area contributed by atoms with E-state index in [0.29, 0.717) is 17.1 Å². The van der Waals surface area contributed by atoms with Gasteiger partial charge >= 0.3 is 0 Å². The SMILES string of the molecule is C=C(OC)C(=C)N1CCCN(C(=C)c2ccc(NS(=O)(=O)c3cccc(C)c3/N=C\C)cc2C)CC1. The lowest BCUT2D eigenvalue weighted by Gasteiger charge is -2.28. The Labute approximate surface area is 215 Å².